The zero-order valence-electron chi connectivity index (χ0n) is 8.22. The summed E-state index contributed by atoms with van der Waals surface area (Å²) in [6.07, 6.45) is 4.80. The lowest BCUT2D eigenvalue weighted by atomic mass is 10.3. The Bertz CT molecular complexity index is 426. The molecule has 78 valence electrons. The Morgan fingerprint density at radius 1 is 1.20 bits per heavy atom. The molecule has 2 aromatic rings. The summed E-state index contributed by atoms with van der Waals surface area (Å²) in [5, 5.41) is 10.7. The predicted molar refractivity (Wildman–Crippen MR) is 68.4 cm³/mol. The van der Waals surface area contributed by atoms with E-state index in [1.54, 1.807) is 22.7 Å². The molecule has 0 bridgehead atoms. The van der Waals surface area contributed by atoms with E-state index >= 15 is 0 Å². The maximum absolute atomic E-state index is 8.65. The van der Waals surface area contributed by atoms with Crippen molar-refractivity contribution in [2.24, 2.45) is 0 Å². The Labute approximate surface area is 97.3 Å². The maximum Gasteiger partial charge on any atom is 0.0465 e. The summed E-state index contributed by atoms with van der Waals surface area (Å²) in [6, 6.07) is 8.47. The molecule has 0 aromatic carbocycles. The van der Waals surface area contributed by atoms with Gasteiger partial charge in [-0.25, -0.2) is 0 Å². The summed E-state index contributed by atoms with van der Waals surface area (Å²) in [5.41, 5.74) is 0. The SMILES string of the molecule is OCC/C=C/c1ccc(-c2cccs2)s1. The third-order valence-electron chi connectivity index (χ3n) is 1.97. The molecule has 0 fully saturated rings. The summed E-state index contributed by atoms with van der Waals surface area (Å²) in [7, 11) is 0. The molecule has 1 N–H and O–H groups in total. The lowest BCUT2D eigenvalue weighted by molar-refractivity contribution is 0.303. The second-order valence-electron chi connectivity index (χ2n) is 3.09. The number of thiophene rings is 2. The number of hydrogen-bond acceptors (Lipinski definition) is 3. The van der Waals surface area contributed by atoms with Crippen LogP contribution in [0.5, 0.6) is 0 Å². The molecule has 0 atom stereocenters. The van der Waals surface area contributed by atoms with Crippen molar-refractivity contribution in [3.05, 3.63) is 40.6 Å². The summed E-state index contributed by atoms with van der Waals surface area (Å²) < 4.78 is 0. The predicted octanol–water partition coefficient (Wildman–Crippen LogP) is 3.87. The van der Waals surface area contributed by atoms with E-state index in [1.807, 2.05) is 6.08 Å². The highest BCUT2D eigenvalue weighted by Gasteiger charge is 2.00. The molecule has 15 heavy (non-hydrogen) atoms. The first-order valence-electron chi connectivity index (χ1n) is 4.81. The lowest BCUT2D eigenvalue weighted by Crippen LogP contribution is -1.74. The normalized spacial score (nSPS) is 11.3. The van der Waals surface area contributed by atoms with Crippen molar-refractivity contribution in [1.29, 1.82) is 0 Å². The van der Waals surface area contributed by atoms with Crippen LogP contribution in [0.3, 0.4) is 0 Å². The van der Waals surface area contributed by atoms with Gasteiger partial charge in [0.15, 0.2) is 0 Å². The fourth-order valence-corrected chi connectivity index (χ4v) is 3.04. The molecule has 0 aliphatic carbocycles. The number of aliphatic hydroxyl groups excluding tert-OH is 1. The molecule has 2 heterocycles. The van der Waals surface area contributed by atoms with Crippen LogP contribution in [0.2, 0.25) is 0 Å². The quantitative estimate of drug-likeness (QED) is 0.854. The van der Waals surface area contributed by atoms with Gasteiger partial charge in [-0.3, -0.25) is 0 Å². The van der Waals surface area contributed by atoms with Gasteiger partial charge in [0.1, 0.15) is 0 Å². The molecule has 1 nitrogen and oxygen atoms in total. The van der Waals surface area contributed by atoms with Crippen LogP contribution in [0.4, 0.5) is 0 Å². The van der Waals surface area contributed by atoms with Crippen molar-refractivity contribution < 1.29 is 5.11 Å². The van der Waals surface area contributed by atoms with E-state index in [-0.39, 0.29) is 6.61 Å². The van der Waals surface area contributed by atoms with Gasteiger partial charge in [0, 0.05) is 21.2 Å². The smallest absolute Gasteiger partial charge is 0.0465 e. The van der Waals surface area contributed by atoms with E-state index in [1.165, 1.54) is 14.6 Å². The second kappa shape index (κ2) is 5.26. The Morgan fingerprint density at radius 3 is 2.87 bits per heavy atom. The minimum atomic E-state index is 0.222. The molecule has 0 saturated carbocycles. The Kier molecular flexibility index (Phi) is 3.72. The van der Waals surface area contributed by atoms with Crippen LogP contribution in [0.25, 0.3) is 15.8 Å². The highest BCUT2D eigenvalue weighted by Crippen LogP contribution is 2.31. The topological polar surface area (TPSA) is 20.2 Å². The van der Waals surface area contributed by atoms with E-state index in [4.69, 9.17) is 5.11 Å². The van der Waals surface area contributed by atoms with Crippen molar-refractivity contribution in [2.45, 2.75) is 6.42 Å². The van der Waals surface area contributed by atoms with E-state index in [9.17, 15) is 0 Å². The van der Waals surface area contributed by atoms with Gasteiger partial charge in [-0.1, -0.05) is 12.1 Å². The largest absolute Gasteiger partial charge is 0.396 e. The second-order valence-corrected chi connectivity index (χ2v) is 5.16. The first-order chi connectivity index (χ1) is 7.40. The van der Waals surface area contributed by atoms with Crippen molar-refractivity contribution in [3.8, 4) is 9.75 Å². The average Bonchev–Trinajstić information content (AvgIpc) is 2.87. The molecular weight excluding hydrogens is 224 g/mol. The molecular formula is C12H12OS2. The summed E-state index contributed by atoms with van der Waals surface area (Å²) in [5.74, 6) is 0. The van der Waals surface area contributed by atoms with Gasteiger partial charge in [-0.05, 0) is 36.1 Å². The van der Waals surface area contributed by atoms with Crippen molar-refractivity contribution in [1.82, 2.24) is 0 Å². The fourth-order valence-electron chi connectivity index (χ4n) is 1.27. The summed E-state index contributed by atoms with van der Waals surface area (Å²) in [6.45, 7) is 0.222. The van der Waals surface area contributed by atoms with Crippen LogP contribution in [0.1, 0.15) is 11.3 Å². The molecule has 0 saturated heterocycles. The highest BCUT2D eigenvalue weighted by molar-refractivity contribution is 7.21. The first-order valence-corrected chi connectivity index (χ1v) is 6.51. The van der Waals surface area contributed by atoms with Gasteiger partial charge in [0.2, 0.25) is 0 Å². The Balaban J connectivity index is 2.11. The van der Waals surface area contributed by atoms with Crippen molar-refractivity contribution in [3.63, 3.8) is 0 Å². The van der Waals surface area contributed by atoms with Gasteiger partial charge in [-0.15, -0.1) is 22.7 Å². The molecule has 0 radical (unpaired) electrons. The van der Waals surface area contributed by atoms with Crippen LogP contribution >= 0.6 is 22.7 Å². The van der Waals surface area contributed by atoms with Crippen LogP contribution in [0, 0.1) is 0 Å². The van der Waals surface area contributed by atoms with Gasteiger partial charge in [-0.2, -0.15) is 0 Å². The highest BCUT2D eigenvalue weighted by atomic mass is 32.1. The number of hydrogen-bond donors (Lipinski definition) is 1. The molecule has 0 unspecified atom stereocenters. The summed E-state index contributed by atoms with van der Waals surface area (Å²) in [4.78, 5) is 3.88. The van der Waals surface area contributed by atoms with Gasteiger partial charge < -0.3 is 5.11 Å². The molecule has 2 rings (SSSR count). The summed E-state index contributed by atoms with van der Waals surface area (Å²) >= 11 is 3.55. The Morgan fingerprint density at radius 2 is 2.13 bits per heavy atom. The van der Waals surface area contributed by atoms with Crippen LogP contribution in [0.15, 0.2) is 35.7 Å². The van der Waals surface area contributed by atoms with Crippen LogP contribution in [-0.2, 0) is 0 Å². The number of rotatable bonds is 4. The number of aliphatic hydroxyl groups is 1. The van der Waals surface area contributed by atoms with Crippen molar-refractivity contribution >= 4 is 28.7 Å². The minimum Gasteiger partial charge on any atom is -0.396 e. The van der Waals surface area contributed by atoms with E-state index in [2.05, 4.69) is 35.7 Å². The standard InChI is InChI=1S/C12H12OS2/c13-8-2-1-4-10-6-7-12(15-10)11-5-3-9-14-11/h1,3-7,9,13H,2,8H2/b4-1+. The zero-order valence-corrected chi connectivity index (χ0v) is 9.85. The molecule has 3 heteroatoms. The van der Waals surface area contributed by atoms with Gasteiger partial charge in [0.25, 0.3) is 0 Å². The molecule has 0 amide bonds. The fraction of sp³-hybridized carbons (Fsp3) is 0.167. The van der Waals surface area contributed by atoms with E-state index in [0.29, 0.717) is 0 Å². The third kappa shape index (κ3) is 2.78. The van der Waals surface area contributed by atoms with Gasteiger partial charge in [0.05, 0.1) is 0 Å². The zero-order chi connectivity index (χ0) is 10.5. The average molecular weight is 236 g/mol. The lowest BCUT2D eigenvalue weighted by Gasteiger charge is -1.87. The maximum atomic E-state index is 8.65. The van der Waals surface area contributed by atoms with Crippen molar-refractivity contribution in [2.75, 3.05) is 6.61 Å². The molecule has 0 aliphatic heterocycles. The van der Waals surface area contributed by atoms with Crippen LogP contribution < -0.4 is 0 Å². The molecule has 0 aliphatic rings. The van der Waals surface area contributed by atoms with Crippen LogP contribution in [-0.4, -0.2) is 11.7 Å². The molecule has 2 aromatic heterocycles. The Hall–Kier alpha value is -0.900. The first kappa shape index (κ1) is 10.6. The monoisotopic (exact) mass is 236 g/mol. The minimum absolute atomic E-state index is 0.222. The van der Waals surface area contributed by atoms with Gasteiger partial charge >= 0.3 is 0 Å². The third-order valence-corrected chi connectivity index (χ3v) is 4.08. The molecule has 0 spiro atoms. The van der Waals surface area contributed by atoms with E-state index < -0.39 is 0 Å². The van der Waals surface area contributed by atoms with E-state index in [0.717, 1.165) is 6.42 Å².